The number of para-hydroxylation sites is 1. The molecule has 0 atom stereocenters. The lowest BCUT2D eigenvalue weighted by Gasteiger charge is -2.30. The highest BCUT2D eigenvalue weighted by molar-refractivity contribution is 5.91. The first-order valence-electron chi connectivity index (χ1n) is 8.67. The smallest absolute Gasteiger partial charge is 0.0707 e. The van der Waals surface area contributed by atoms with Crippen molar-refractivity contribution in [2.75, 3.05) is 11.4 Å². The lowest BCUT2D eigenvalue weighted by atomic mass is 9.94. The largest absolute Gasteiger partial charge is 0.344 e. The molecule has 0 aliphatic carbocycles. The minimum Gasteiger partial charge on any atom is -0.344 e. The van der Waals surface area contributed by atoms with Gasteiger partial charge in [-0.1, -0.05) is 48.6 Å². The van der Waals surface area contributed by atoms with E-state index < -0.39 is 0 Å². The van der Waals surface area contributed by atoms with Gasteiger partial charge in [0.05, 0.1) is 11.2 Å². The first kappa shape index (κ1) is 14.2. The molecule has 3 aromatic rings. The maximum absolute atomic E-state index is 4.44. The molecular weight excluding hydrogens is 304 g/mol. The zero-order valence-corrected chi connectivity index (χ0v) is 13.9. The summed E-state index contributed by atoms with van der Waals surface area (Å²) >= 11 is 0. The second-order valence-corrected chi connectivity index (χ2v) is 6.51. The molecule has 0 fully saturated rings. The van der Waals surface area contributed by atoms with Crippen molar-refractivity contribution in [2.45, 2.75) is 6.42 Å². The topological polar surface area (TPSA) is 16.1 Å². The summed E-state index contributed by atoms with van der Waals surface area (Å²) in [5.41, 5.74) is 7.58. The summed E-state index contributed by atoms with van der Waals surface area (Å²) in [6.45, 7) is 0.967. The highest BCUT2D eigenvalue weighted by atomic mass is 15.1. The average molecular weight is 322 g/mol. The molecule has 0 saturated heterocycles. The maximum Gasteiger partial charge on any atom is 0.0707 e. The molecule has 0 unspecified atom stereocenters. The predicted octanol–water partition coefficient (Wildman–Crippen LogP) is 5.31. The third-order valence-corrected chi connectivity index (χ3v) is 4.89. The lowest BCUT2D eigenvalue weighted by Crippen LogP contribution is -2.23. The zero-order chi connectivity index (χ0) is 16.6. The zero-order valence-electron chi connectivity index (χ0n) is 13.9. The Hall–Kier alpha value is -3.13. The molecule has 2 aliphatic rings. The molecule has 25 heavy (non-hydrogen) atoms. The van der Waals surface area contributed by atoms with E-state index in [1.807, 2.05) is 12.3 Å². The second kappa shape index (κ2) is 5.75. The van der Waals surface area contributed by atoms with Crippen LogP contribution in [0.2, 0.25) is 0 Å². The minimum atomic E-state index is 0.967. The first-order valence-corrected chi connectivity index (χ1v) is 8.67. The first-order chi connectivity index (χ1) is 12.4. The Labute approximate surface area is 147 Å². The average Bonchev–Trinajstić information content (AvgIpc) is 2.67. The van der Waals surface area contributed by atoms with Crippen LogP contribution in [0.4, 0.5) is 5.69 Å². The summed E-state index contributed by atoms with van der Waals surface area (Å²) in [4.78, 5) is 6.77. The lowest BCUT2D eigenvalue weighted by molar-refractivity contribution is 1.01. The molecule has 5 rings (SSSR count). The SMILES string of the molecule is C1=CN2CC=Cc3cc(C=Cc4ccnc5ccccc45)cc(c32)C1. The summed E-state index contributed by atoms with van der Waals surface area (Å²) in [7, 11) is 0. The van der Waals surface area contributed by atoms with Gasteiger partial charge in [-0.25, -0.2) is 0 Å². The molecule has 0 spiro atoms. The molecule has 0 N–H and O–H groups in total. The molecule has 0 radical (unpaired) electrons. The molecular formula is C23H18N2. The van der Waals surface area contributed by atoms with Gasteiger partial charge in [-0.3, -0.25) is 4.98 Å². The molecule has 2 aromatic carbocycles. The molecule has 0 bridgehead atoms. The Morgan fingerprint density at radius 1 is 1.00 bits per heavy atom. The summed E-state index contributed by atoms with van der Waals surface area (Å²) < 4.78 is 0. The standard InChI is InChI=1S/C23H18N2/c1-2-8-22-21(7-1)18(11-12-24-22)10-9-17-15-19-5-3-13-25-14-4-6-20(16-17)23(19)25/h1-5,7-12,14-16H,6,13H2. The van der Waals surface area contributed by atoms with Gasteiger partial charge in [0.15, 0.2) is 0 Å². The van der Waals surface area contributed by atoms with Crippen molar-refractivity contribution in [3.8, 4) is 0 Å². The fourth-order valence-corrected chi connectivity index (χ4v) is 3.75. The van der Waals surface area contributed by atoms with E-state index in [4.69, 9.17) is 0 Å². The van der Waals surface area contributed by atoms with Crippen molar-refractivity contribution in [3.05, 3.63) is 89.3 Å². The number of rotatable bonds is 2. The quantitative estimate of drug-likeness (QED) is 0.636. The molecule has 1 aromatic heterocycles. The van der Waals surface area contributed by atoms with Crippen LogP contribution in [-0.4, -0.2) is 11.5 Å². The molecule has 0 saturated carbocycles. The fraction of sp³-hybridized carbons (Fsp3) is 0.0870. The number of hydrogen-bond acceptors (Lipinski definition) is 2. The summed E-state index contributed by atoms with van der Waals surface area (Å²) in [5, 5.41) is 1.19. The van der Waals surface area contributed by atoms with Crippen molar-refractivity contribution in [2.24, 2.45) is 0 Å². The number of aromatic nitrogens is 1. The molecule has 2 aliphatic heterocycles. The van der Waals surface area contributed by atoms with E-state index in [1.54, 1.807) is 0 Å². The van der Waals surface area contributed by atoms with Crippen molar-refractivity contribution in [1.82, 2.24) is 4.98 Å². The van der Waals surface area contributed by atoms with Crippen LogP contribution in [-0.2, 0) is 6.42 Å². The van der Waals surface area contributed by atoms with Gasteiger partial charge < -0.3 is 4.90 Å². The number of benzene rings is 2. The van der Waals surface area contributed by atoms with E-state index in [1.165, 1.54) is 33.3 Å². The van der Waals surface area contributed by atoms with Crippen LogP contribution in [0.15, 0.2) is 67.0 Å². The van der Waals surface area contributed by atoms with Crippen molar-refractivity contribution >= 4 is 34.8 Å². The Morgan fingerprint density at radius 3 is 2.96 bits per heavy atom. The highest BCUT2D eigenvalue weighted by Gasteiger charge is 2.18. The van der Waals surface area contributed by atoms with Gasteiger partial charge in [0.1, 0.15) is 0 Å². The predicted molar refractivity (Wildman–Crippen MR) is 106 cm³/mol. The van der Waals surface area contributed by atoms with Gasteiger partial charge in [0.2, 0.25) is 0 Å². The Balaban J connectivity index is 1.57. The monoisotopic (exact) mass is 322 g/mol. The van der Waals surface area contributed by atoms with E-state index in [9.17, 15) is 0 Å². The number of nitrogens with zero attached hydrogens (tertiary/aromatic N) is 2. The van der Waals surface area contributed by atoms with Crippen LogP contribution < -0.4 is 4.90 Å². The number of anilines is 1. The van der Waals surface area contributed by atoms with Crippen LogP contribution in [0, 0.1) is 0 Å². The van der Waals surface area contributed by atoms with Crippen LogP contribution >= 0.6 is 0 Å². The number of fused-ring (bicyclic) bond motifs is 1. The molecule has 2 heteroatoms. The van der Waals surface area contributed by atoms with Crippen LogP contribution in [0.5, 0.6) is 0 Å². The van der Waals surface area contributed by atoms with Gasteiger partial charge in [-0.15, -0.1) is 0 Å². The van der Waals surface area contributed by atoms with Gasteiger partial charge in [-0.2, -0.15) is 0 Å². The molecule has 0 amide bonds. The van der Waals surface area contributed by atoms with Gasteiger partial charge in [0, 0.05) is 24.3 Å². The second-order valence-electron chi connectivity index (χ2n) is 6.51. The van der Waals surface area contributed by atoms with Crippen molar-refractivity contribution in [1.29, 1.82) is 0 Å². The summed E-state index contributed by atoms with van der Waals surface area (Å²) in [5.74, 6) is 0. The number of pyridine rings is 1. The van der Waals surface area contributed by atoms with E-state index in [0.29, 0.717) is 0 Å². The highest BCUT2D eigenvalue weighted by Crippen LogP contribution is 2.35. The maximum atomic E-state index is 4.44. The minimum absolute atomic E-state index is 0.967. The third-order valence-electron chi connectivity index (χ3n) is 4.89. The number of hydrogen-bond donors (Lipinski definition) is 0. The Kier molecular flexibility index (Phi) is 3.27. The van der Waals surface area contributed by atoms with Gasteiger partial charge >= 0.3 is 0 Å². The van der Waals surface area contributed by atoms with Crippen molar-refractivity contribution in [3.63, 3.8) is 0 Å². The molecule has 3 heterocycles. The van der Waals surface area contributed by atoms with Crippen molar-refractivity contribution < 1.29 is 0 Å². The van der Waals surface area contributed by atoms with E-state index >= 15 is 0 Å². The molecule has 120 valence electrons. The van der Waals surface area contributed by atoms with E-state index in [-0.39, 0.29) is 0 Å². The summed E-state index contributed by atoms with van der Waals surface area (Å²) in [6, 6.07) is 14.9. The third kappa shape index (κ3) is 2.47. The molecule has 2 nitrogen and oxygen atoms in total. The van der Waals surface area contributed by atoms with E-state index in [0.717, 1.165) is 18.5 Å². The van der Waals surface area contributed by atoms with Gasteiger partial charge in [0.25, 0.3) is 0 Å². The number of allylic oxidation sites excluding steroid dienone is 1. The van der Waals surface area contributed by atoms with Crippen LogP contribution in [0.3, 0.4) is 0 Å². The fourth-order valence-electron chi connectivity index (χ4n) is 3.75. The summed E-state index contributed by atoms with van der Waals surface area (Å²) in [6.07, 6.45) is 16.2. The van der Waals surface area contributed by atoms with Crippen LogP contribution in [0.25, 0.3) is 29.1 Å². The Bertz CT molecular complexity index is 1050. The van der Waals surface area contributed by atoms with Crippen LogP contribution in [0.1, 0.15) is 22.3 Å². The van der Waals surface area contributed by atoms with Gasteiger partial charge in [-0.05, 0) is 52.9 Å². The normalized spacial score (nSPS) is 15.1. The van der Waals surface area contributed by atoms with E-state index in [2.05, 4.69) is 82.9 Å². The Morgan fingerprint density at radius 2 is 1.96 bits per heavy atom.